The summed E-state index contributed by atoms with van der Waals surface area (Å²) in [5.74, 6) is -0.575. The van der Waals surface area contributed by atoms with E-state index in [1.165, 1.54) is 12.1 Å². The third-order valence-corrected chi connectivity index (χ3v) is 5.62. The molecule has 2 aromatic carbocycles. The van der Waals surface area contributed by atoms with E-state index in [1.807, 2.05) is 45.9 Å². The molecule has 1 atom stereocenters. The van der Waals surface area contributed by atoms with Crippen molar-refractivity contribution in [2.75, 3.05) is 5.32 Å². The van der Waals surface area contributed by atoms with Gasteiger partial charge in [0.15, 0.2) is 0 Å². The lowest BCUT2D eigenvalue weighted by Crippen LogP contribution is -2.47. The number of anilines is 1. The number of hydrogen-bond donors (Lipinski definition) is 2. The average molecular weight is 375 g/mol. The Bertz CT molecular complexity index is 859. The van der Waals surface area contributed by atoms with Crippen LogP contribution in [0.5, 0.6) is 0 Å². The summed E-state index contributed by atoms with van der Waals surface area (Å²) >= 11 is 0. The van der Waals surface area contributed by atoms with E-state index in [1.54, 1.807) is 18.2 Å². The number of sulfonamides is 1. The van der Waals surface area contributed by atoms with Gasteiger partial charge in [0.1, 0.15) is 6.04 Å². The fourth-order valence-electron chi connectivity index (χ4n) is 2.53. The van der Waals surface area contributed by atoms with Crippen LogP contribution in [0.4, 0.5) is 5.69 Å². The molecule has 2 aromatic rings. The number of amides is 1. The quantitative estimate of drug-likeness (QED) is 0.779. The first-order valence-electron chi connectivity index (χ1n) is 8.71. The number of carbonyl (C=O) groups is 1. The molecule has 0 saturated carbocycles. The molecule has 2 rings (SSSR count). The first-order chi connectivity index (χ1) is 12.2. The van der Waals surface area contributed by atoms with Crippen LogP contribution >= 0.6 is 0 Å². The maximum Gasteiger partial charge on any atom is 0.242 e. The minimum Gasteiger partial charge on any atom is -0.325 e. The van der Waals surface area contributed by atoms with Crippen molar-refractivity contribution in [3.8, 4) is 0 Å². The van der Waals surface area contributed by atoms with Gasteiger partial charge in [0.25, 0.3) is 0 Å². The summed E-state index contributed by atoms with van der Waals surface area (Å²) in [5, 5.41) is 2.82. The van der Waals surface area contributed by atoms with Crippen LogP contribution in [0.25, 0.3) is 0 Å². The molecule has 140 valence electrons. The largest absolute Gasteiger partial charge is 0.325 e. The Morgan fingerprint density at radius 1 is 1.08 bits per heavy atom. The van der Waals surface area contributed by atoms with Crippen molar-refractivity contribution < 1.29 is 13.2 Å². The molecule has 0 heterocycles. The summed E-state index contributed by atoms with van der Waals surface area (Å²) in [6.07, 6.45) is 0.859. The van der Waals surface area contributed by atoms with E-state index in [4.69, 9.17) is 0 Å². The van der Waals surface area contributed by atoms with E-state index in [9.17, 15) is 13.2 Å². The number of benzene rings is 2. The summed E-state index contributed by atoms with van der Waals surface area (Å²) in [5.41, 5.74) is 2.73. The van der Waals surface area contributed by atoms with Gasteiger partial charge in [-0.1, -0.05) is 50.6 Å². The van der Waals surface area contributed by atoms with Gasteiger partial charge in [-0.3, -0.25) is 4.79 Å². The van der Waals surface area contributed by atoms with Crippen LogP contribution in [0.2, 0.25) is 0 Å². The van der Waals surface area contributed by atoms with Crippen LogP contribution in [0.15, 0.2) is 53.4 Å². The molecule has 0 bridgehead atoms. The zero-order chi connectivity index (χ0) is 19.3. The second-order valence-electron chi connectivity index (χ2n) is 6.70. The number of rotatable bonds is 7. The molecule has 0 aliphatic carbocycles. The summed E-state index contributed by atoms with van der Waals surface area (Å²) in [6.45, 7) is 7.54. The van der Waals surface area contributed by atoms with Gasteiger partial charge in [0.05, 0.1) is 4.90 Å². The van der Waals surface area contributed by atoms with Crippen molar-refractivity contribution in [3.05, 3.63) is 59.7 Å². The molecule has 0 fully saturated rings. The van der Waals surface area contributed by atoms with E-state index >= 15 is 0 Å². The molecule has 5 nitrogen and oxygen atoms in total. The normalized spacial score (nSPS) is 12.8. The predicted molar refractivity (Wildman–Crippen MR) is 105 cm³/mol. The minimum absolute atomic E-state index is 0.148. The molecule has 1 amide bonds. The van der Waals surface area contributed by atoms with Gasteiger partial charge in [0.2, 0.25) is 15.9 Å². The second kappa shape index (κ2) is 8.47. The Hall–Kier alpha value is -2.18. The van der Waals surface area contributed by atoms with Crippen molar-refractivity contribution in [2.24, 2.45) is 5.92 Å². The number of carbonyl (C=O) groups excluding carboxylic acids is 1. The maximum atomic E-state index is 12.7. The van der Waals surface area contributed by atoms with Gasteiger partial charge in [-0.15, -0.1) is 0 Å². The highest BCUT2D eigenvalue weighted by molar-refractivity contribution is 7.89. The topological polar surface area (TPSA) is 75.3 Å². The van der Waals surface area contributed by atoms with Crippen molar-refractivity contribution in [1.29, 1.82) is 0 Å². The molecular weight excluding hydrogens is 348 g/mol. The SMILES string of the molecule is CCc1cccc(NC(=O)[C@@H](NS(=O)(=O)c2ccc(C)cc2)C(C)C)c1. The highest BCUT2D eigenvalue weighted by Gasteiger charge is 2.28. The zero-order valence-corrected chi connectivity index (χ0v) is 16.4. The number of aryl methyl sites for hydroxylation is 2. The van der Waals surface area contributed by atoms with Crippen LogP contribution in [-0.4, -0.2) is 20.4 Å². The van der Waals surface area contributed by atoms with E-state index in [-0.39, 0.29) is 16.7 Å². The summed E-state index contributed by atoms with van der Waals surface area (Å²) < 4.78 is 27.8. The summed E-state index contributed by atoms with van der Waals surface area (Å²) in [4.78, 5) is 12.8. The van der Waals surface area contributed by atoms with Crippen LogP contribution in [0, 0.1) is 12.8 Å². The third kappa shape index (κ3) is 5.16. The van der Waals surface area contributed by atoms with Crippen LogP contribution in [0.3, 0.4) is 0 Å². The number of nitrogens with one attached hydrogen (secondary N) is 2. The van der Waals surface area contributed by atoms with E-state index in [0.717, 1.165) is 17.5 Å². The average Bonchev–Trinajstić information content (AvgIpc) is 2.60. The van der Waals surface area contributed by atoms with Gasteiger partial charge in [-0.2, -0.15) is 4.72 Å². The fourth-order valence-corrected chi connectivity index (χ4v) is 3.88. The first-order valence-corrected chi connectivity index (χ1v) is 10.2. The van der Waals surface area contributed by atoms with Gasteiger partial charge < -0.3 is 5.32 Å². The van der Waals surface area contributed by atoms with E-state index in [0.29, 0.717) is 5.69 Å². The molecule has 26 heavy (non-hydrogen) atoms. The maximum absolute atomic E-state index is 12.7. The van der Waals surface area contributed by atoms with Crippen LogP contribution in [-0.2, 0) is 21.2 Å². The molecule has 0 unspecified atom stereocenters. The molecule has 0 aromatic heterocycles. The Morgan fingerprint density at radius 3 is 2.31 bits per heavy atom. The fraction of sp³-hybridized carbons (Fsp3) is 0.350. The smallest absolute Gasteiger partial charge is 0.242 e. The molecule has 0 spiro atoms. The molecule has 6 heteroatoms. The lowest BCUT2D eigenvalue weighted by molar-refractivity contribution is -0.118. The molecule has 0 aliphatic rings. The summed E-state index contributed by atoms with van der Waals surface area (Å²) in [6, 6.07) is 13.2. The van der Waals surface area contributed by atoms with Gasteiger partial charge in [-0.25, -0.2) is 8.42 Å². The lowest BCUT2D eigenvalue weighted by Gasteiger charge is -2.22. The van der Waals surface area contributed by atoms with E-state index < -0.39 is 16.1 Å². The highest BCUT2D eigenvalue weighted by Crippen LogP contribution is 2.16. The Balaban J connectivity index is 2.19. The van der Waals surface area contributed by atoms with Crippen LogP contribution < -0.4 is 10.0 Å². The Labute approximate surface area is 155 Å². The second-order valence-corrected chi connectivity index (χ2v) is 8.41. The van der Waals surface area contributed by atoms with Crippen molar-refractivity contribution in [2.45, 2.75) is 45.1 Å². The van der Waals surface area contributed by atoms with Gasteiger partial charge >= 0.3 is 0 Å². The Morgan fingerprint density at radius 2 is 1.73 bits per heavy atom. The molecular formula is C20H26N2O3S. The predicted octanol–water partition coefficient (Wildman–Crippen LogP) is 3.50. The highest BCUT2D eigenvalue weighted by atomic mass is 32.2. The van der Waals surface area contributed by atoms with Gasteiger partial charge in [0, 0.05) is 5.69 Å². The summed E-state index contributed by atoms with van der Waals surface area (Å²) in [7, 11) is -3.78. The lowest BCUT2D eigenvalue weighted by atomic mass is 10.0. The zero-order valence-electron chi connectivity index (χ0n) is 15.6. The third-order valence-electron chi connectivity index (χ3n) is 4.17. The van der Waals surface area contributed by atoms with Crippen molar-refractivity contribution >= 4 is 21.6 Å². The monoisotopic (exact) mass is 374 g/mol. The van der Waals surface area contributed by atoms with Gasteiger partial charge in [-0.05, 0) is 49.1 Å². The number of hydrogen-bond acceptors (Lipinski definition) is 3. The molecule has 0 radical (unpaired) electrons. The Kier molecular flexibility index (Phi) is 6.56. The standard InChI is InChI=1S/C20H26N2O3S/c1-5-16-7-6-8-17(13-16)21-20(23)19(14(2)3)22-26(24,25)18-11-9-15(4)10-12-18/h6-14,19,22H,5H2,1-4H3,(H,21,23)/t19-/m0/s1. The first kappa shape index (κ1) is 20.1. The van der Waals surface area contributed by atoms with E-state index in [2.05, 4.69) is 10.0 Å². The molecule has 0 aliphatic heterocycles. The minimum atomic E-state index is -3.78. The molecule has 0 saturated heterocycles. The van der Waals surface area contributed by atoms with Crippen LogP contribution in [0.1, 0.15) is 31.9 Å². The van der Waals surface area contributed by atoms with Crippen molar-refractivity contribution in [3.63, 3.8) is 0 Å². The molecule has 2 N–H and O–H groups in total. The van der Waals surface area contributed by atoms with Crippen molar-refractivity contribution in [1.82, 2.24) is 4.72 Å².